The predicted octanol–water partition coefficient (Wildman–Crippen LogP) is 3.12. The maximum absolute atomic E-state index is 11.2. The molecule has 1 aromatic heterocycles. The van der Waals surface area contributed by atoms with Gasteiger partial charge in [0.05, 0.1) is 0 Å². The molecule has 3 aromatic rings. The Bertz CT molecular complexity index is 1020. The van der Waals surface area contributed by atoms with Crippen LogP contribution in [0.15, 0.2) is 53.1 Å². The molecule has 2 aromatic carbocycles. The van der Waals surface area contributed by atoms with Gasteiger partial charge in [0, 0.05) is 17.7 Å². The molecule has 1 amide bonds. The van der Waals surface area contributed by atoms with E-state index in [1.807, 2.05) is 36.4 Å². The van der Waals surface area contributed by atoms with Crippen LogP contribution in [0.5, 0.6) is 0 Å². The molecule has 0 bridgehead atoms. The van der Waals surface area contributed by atoms with Gasteiger partial charge in [-0.15, -0.1) is 0 Å². The number of nitriles is 1. The molecular weight excluding hydrogens is 342 g/mol. The van der Waals surface area contributed by atoms with Gasteiger partial charge in [0.2, 0.25) is 5.91 Å². The Hall–Kier alpha value is -3.66. The van der Waals surface area contributed by atoms with Crippen LogP contribution in [0.2, 0.25) is 0 Å². The van der Waals surface area contributed by atoms with E-state index in [2.05, 4.69) is 16.3 Å². The van der Waals surface area contributed by atoms with Crippen LogP contribution in [0.4, 0.5) is 0 Å². The summed E-state index contributed by atoms with van der Waals surface area (Å²) >= 11 is 0. The largest absolute Gasteiger partial charge is 0.366 e. The molecule has 1 aliphatic rings. The summed E-state index contributed by atoms with van der Waals surface area (Å²) in [7, 11) is 0. The van der Waals surface area contributed by atoms with Crippen molar-refractivity contribution in [1.82, 2.24) is 15.0 Å². The minimum atomic E-state index is -0.452. The summed E-state index contributed by atoms with van der Waals surface area (Å²) in [4.78, 5) is 17.4. The third-order valence-corrected chi connectivity index (χ3v) is 4.73. The van der Waals surface area contributed by atoms with Gasteiger partial charge in [-0.05, 0) is 48.2 Å². The van der Waals surface area contributed by atoms with Crippen molar-refractivity contribution in [1.29, 1.82) is 5.26 Å². The van der Waals surface area contributed by atoms with Crippen LogP contribution in [0.25, 0.3) is 22.6 Å². The summed E-state index contributed by atoms with van der Waals surface area (Å²) in [5.74, 6) is 0.512. The molecule has 7 nitrogen and oxygen atoms in total. The summed E-state index contributed by atoms with van der Waals surface area (Å²) in [6.07, 6.45) is 3.97. The molecule has 4 rings (SSSR count). The SMILES string of the molecule is N#CN1CCCC1c1noc(-c2cccc(-c3ccc(C(N)=O)cc3)c2)n1. The summed E-state index contributed by atoms with van der Waals surface area (Å²) in [5.41, 5.74) is 8.46. The maximum atomic E-state index is 11.2. The van der Waals surface area contributed by atoms with Crippen LogP contribution in [-0.2, 0) is 0 Å². The lowest BCUT2D eigenvalue weighted by Gasteiger charge is -2.13. The Morgan fingerprint density at radius 1 is 1.19 bits per heavy atom. The molecule has 7 heteroatoms. The second-order valence-corrected chi connectivity index (χ2v) is 6.43. The Kier molecular flexibility index (Phi) is 4.30. The molecule has 27 heavy (non-hydrogen) atoms. The second kappa shape index (κ2) is 6.92. The number of amides is 1. The van der Waals surface area contributed by atoms with E-state index in [1.54, 1.807) is 17.0 Å². The average molecular weight is 359 g/mol. The molecule has 2 heterocycles. The Morgan fingerprint density at radius 3 is 2.70 bits per heavy atom. The van der Waals surface area contributed by atoms with E-state index < -0.39 is 5.91 Å². The average Bonchev–Trinajstić information content (AvgIpc) is 3.37. The minimum Gasteiger partial charge on any atom is -0.366 e. The fraction of sp³-hybridized carbons (Fsp3) is 0.200. The lowest BCUT2D eigenvalue weighted by molar-refractivity contribution is 0.100. The van der Waals surface area contributed by atoms with Crippen LogP contribution in [-0.4, -0.2) is 27.5 Å². The third kappa shape index (κ3) is 3.25. The number of nitrogens with zero attached hydrogens (tertiary/aromatic N) is 4. The van der Waals surface area contributed by atoms with Crippen LogP contribution in [0, 0.1) is 11.5 Å². The number of carbonyl (C=O) groups excluding carboxylic acids is 1. The van der Waals surface area contributed by atoms with Crippen molar-refractivity contribution in [2.45, 2.75) is 18.9 Å². The van der Waals surface area contributed by atoms with Crippen molar-refractivity contribution in [3.05, 3.63) is 59.9 Å². The number of benzene rings is 2. The molecule has 1 unspecified atom stereocenters. The quantitative estimate of drug-likeness (QED) is 0.717. The zero-order valence-electron chi connectivity index (χ0n) is 14.5. The maximum Gasteiger partial charge on any atom is 0.258 e. The zero-order valence-corrected chi connectivity index (χ0v) is 14.5. The normalized spacial score (nSPS) is 16.3. The van der Waals surface area contributed by atoms with Crippen LogP contribution < -0.4 is 5.73 Å². The molecule has 0 radical (unpaired) electrons. The topological polar surface area (TPSA) is 109 Å². The molecule has 2 N–H and O–H groups in total. The van der Waals surface area contributed by atoms with Gasteiger partial charge in [-0.3, -0.25) is 9.69 Å². The number of likely N-dealkylation sites (tertiary alicyclic amines) is 1. The lowest BCUT2D eigenvalue weighted by atomic mass is 10.0. The zero-order chi connectivity index (χ0) is 18.8. The van der Waals surface area contributed by atoms with Crippen molar-refractivity contribution in [2.75, 3.05) is 6.54 Å². The first-order valence-corrected chi connectivity index (χ1v) is 8.66. The molecule has 1 fully saturated rings. The molecule has 1 saturated heterocycles. The van der Waals surface area contributed by atoms with E-state index >= 15 is 0 Å². The van der Waals surface area contributed by atoms with Gasteiger partial charge in [0.1, 0.15) is 6.04 Å². The Labute approximate surface area is 156 Å². The van der Waals surface area contributed by atoms with Crippen LogP contribution in [0.1, 0.15) is 35.1 Å². The summed E-state index contributed by atoms with van der Waals surface area (Å²) < 4.78 is 5.44. The Balaban J connectivity index is 1.61. The summed E-state index contributed by atoms with van der Waals surface area (Å²) in [6.45, 7) is 0.724. The van der Waals surface area contributed by atoms with E-state index in [1.165, 1.54) is 0 Å². The fourth-order valence-corrected chi connectivity index (χ4v) is 3.30. The Morgan fingerprint density at radius 2 is 1.96 bits per heavy atom. The number of carbonyl (C=O) groups is 1. The van der Waals surface area contributed by atoms with Gasteiger partial charge in [-0.2, -0.15) is 10.2 Å². The van der Waals surface area contributed by atoms with Crippen molar-refractivity contribution < 1.29 is 9.32 Å². The van der Waals surface area contributed by atoms with E-state index in [0.717, 1.165) is 36.1 Å². The highest BCUT2D eigenvalue weighted by atomic mass is 16.5. The molecule has 1 aliphatic heterocycles. The van der Waals surface area contributed by atoms with Gasteiger partial charge in [-0.25, -0.2) is 0 Å². The van der Waals surface area contributed by atoms with Gasteiger partial charge < -0.3 is 10.3 Å². The summed E-state index contributed by atoms with van der Waals surface area (Å²) in [6, 6.07) is 14.7. The molecule has 0 aliphatic carbocycles. The fourth-order valence-electron chi connectivity index (χ4n) is 3.30. The first-order valence-electron chi connectivity index (χ1n) is 8.66. The van der Waals surface area contributed by atoms with Gasteiger partial charge in [0.15, 0.2) is 12.0 Å². The van der Waals surface area contributed by atoms with E-state index in [9.17, 15) is 10.1 Å². The molecule has 134 valence electrons. The van der Waals surface area contributed by atoms with E-state index in [4.69, 9.17) is 10.3 Å². The standard InChI is InChI=1S/C20H17N5O2/c21-12-25-10-2-5-17(25)19-23-20(27-24-19)16-4-1-3-15(11-16)13-6-8-14(9-7-13)18(22)26/h1,3-4,6-9,11,17H,2,5,10H2,(H2,22,26). The van der Waals surface area contributed by atoms with Crippen molar-refractivity contribution in [2.24, 2.45) is 5.73 Å². The number of primary amides is 1. The van der Waals surface area contributed by atoms with Crippen LogP contribution in [0.3, 0.4) is 0 Å². The number of hydrogen-bond donors (Lipinski definition) is 1. The highest BCUT2D eigenvalue weighted by Crippen LogP contribution is 2.31. The number of hydrogen-bond acceptors (Lipinski definition) is 6. The number of aromatic nitrogens is 2. The minimum absolute atomic E-state index is 0.114. The van der Waals surface area contributed by atoms with Crippen LogP contribution >= 0.6 is 0 Å². The van der Waals surface area contributed by atoms with Crippen molar-refractivity contribution in [3.8, 4) is 28.8 Å². The van der Waals surface area contributed by atoms with E-state index in [0.29, 0.717) is 17.3 Å². The first kappa shape index (κ1) is 16.8. The van der Waals surface area contributed by atoms with Gasteiger partial charge in [-0.1, -0.05) is 29.4 Å². The van der Waals surface area contributed by atoms with Gasteiger partial charge in [0.25, 0.3) is 5.89 Å². The van der Waals surface area contributed by atoms with Crippen molar-refractivity contribution >= 4 is 5.91 Å². The predicted molar refractivity (Wildman–Crippen MR) is 98.0 cm³/mol. The summed E-state index contributed by atoms with van der Waals surface area (Å²) in [5, 5.41) is 13.3. The van der Waals surface area contributed by atoms with E-state index in [-0.39, 0.29) is 6.04 Å². The first-order chi connectivity index (χ1) is 13.2. The second-order valence-electron chi connectivity index (χ2n) is 6.43. The monoisotopic (exact) mass is 359 g/mol. The highest BCUT2D eigenvalue weighted by molar-refractivity contribution is 5.93. The molecule has 1 atom stereocenters. The molecule has 0 spiro atoms. The van der Waals surface area contributed by atoms with Crippen molar-refractivity contribution in [3.63, 3.8) is 0 Å². The highest BCUT2D eigenvalue weighted by Gasteiger charge is 2.29. The third-order valence-electron chi connectivity index (χ3n) is 4.73. The molecule has 0 saturated carbocycles. The number of nitrogens with two attached hydrogens (primary N) is 1. The lowest BCUT2D eigenvalue weighted by Crippen LogP contribution is -2.17. The van der Waals surface area contributed by atoms with Gasteiger partial charge >= 0.3 is 0 Å². The smallest absolute Gasteiger partial charge is 0.258 e. The number of rotatable bonds is 4. The molecular formula is C20H17N5O2.